The lowest BCUT2D eigenvalue weighted by Crippen LogP contribution is -2.62. The van der Waals surface area contributed by atoms with Crippen LogP contribution in [0.4, 0.5) is 34.1 Å². The van der Waals surface area contributed by atoms with Crippen LogP contribution in [-0.2, 0) is 58.8 Å². The third-order valence-electron chi connectivity index (χ3n) is 23.4. The predicted octanol–water partition coefficient (Wildman–Crippen LogP) is 11.3. The molecule has 9 aromatic rings. The molecule has 0 aliphatic carbocycles. The Morgan fingerprint density at radius 3 is 0.803 bits per heavy atom. The number of hydrogen-bond acceptors (Lipinski definition) is 21. The maximum Gasteiger partial charge on any atom is 0.302 e. The fraction of sp³-hybridized carbons (Fsp3) is 0.385. The number of amides is 3. The highest BCUT2D eigenvalue weighted by Gasteiger charge is 2.45. The Morgan fingerprint density at radius 2 is 0.583 bits per heavy atom. The van der Waals surface area contributed by atoms with Gasteiger partial charge in [-0.15, -0.1) is 0 Å². The fourth-order valence-corrected chi connectivity index (χ4v) is 21.0. The summed E-state index contributed by atoms with van der Waals surface area (Å²) in [6.07, 6.45) is 0. The molecule has 1 N–H and O–H groups in total. The van der Waals surface area contributed by atoms with Crippen LogP contribution in [0.25, 0.3) is 0 Å². The van der Waals surface area contributed by atoms with E-state index >= 15 is 0 Å². The first-order valence-electron chi connectivity index (χ1n) is 42.9. The number of aliphatic carboxylic acids is 1. The van der Waals surface area contributed by atoms with E-state index in [9.17, 15) is 44.4 Å². The van der Waals surface area contributed by atoms with E-state index < -0.39 is 54.2 Å². The van der Waals surface area contributed by atoms with Gasteiger partial charge in [0.25, 0.3) is 5.97 Å². The minimum atomic E-state index is -3.80. The molecule has 3 amide bonds. The first-order chi connectivity index (χ1) is 60.8. The number of esters is 1. The van der Waals surface area contributed by atoms with E-state index in [1.54, 1.807) is 61.5 Å². The van der Waals surface area contributed by atoms with Crippen LogP contribution in [0.1, 0.15) is 54.2 Å². The van der Waals surface area contributed by atoms with Gasteiger partial charge in [-0.3, -0.25) is 24.0 Å². The molecular weight excluding hydrogens is 1670 g/mol. The number of ether oxygens (including phenoxy) is 4. The number of benzene rings is 9. The van der Waals surface area contributed by atoms with Crippen LogP contribution in [-0.4, -0.2) is 271 Å². The first kappa shape index (κ1) is 95.9. The Kier molecular flexibility index (Phi) is 33.3. The summed E-state index contributed by atoms with van der Waals surface area (Å²) >= 11 is 0. The van der Waals surface area contributed by atoms with Gasteiger partial charge in [-0.05, 0) is 173 Å². The number of carboxylic acid groups (broad SMARTS) is 1. The molecule has 0 spiro atoms. The monoisotopic (exact) mass is 1790 g/mol. The van der Waals surface area contributed by atoms with Crippen molar-refractivity contribution in [1.29, 1.82) is 0 Å². The average Bonchev–Trinajstić information content (AvgIpc) is 0.776. The highest BCUT2D eigenvalue weighted by molar-refractivity contribution is 7.89. The molecular formula is C96H120N12O16S3. The topological polar surface area (TPSA) is 284 Å². The number of carbonyl (C=O) groups is 5. The summed E-state index contributed by atoms with van der Waals surface area (Å²) in [5, 5.41) is 7.42. The van der Waals surface area contributed by atoms with Gasteiger partial charge in [0.2, 0.25) is 47.8 Å². The summed E-state index contributed by atoms with van der Waals surface area (Å²) in [5.41, 5.74) is 13.7. The van der Waals surface area contributed by atoms with Crippen molar-refractivity contribution in [2.24, 2.45) is 0 Å². The summed E-state index contributed by atoms with van der Waals surface area (Å²) in [4.78, 5) is 80.3. The lowest BCUT2D eigenvalue weighted by atomic mass is 10.1. The van der Waals surface area contributed by atoms with Crippen molar-refractivity contribution in [3.05, 3.63) is 252 Å². The van der Waals surface area contributed by atoms with Gasteiger partial charge in [-0.2, -0.15) is 12.9 Å². The second kappa shape index (κ2) is 44.1. The molecule has 15 rings (SSSR count). The van der Waals surface area contributed by atoms with E-state index in [0.717, 1.165) is 63.3 Å². The molecule has 6 aliphatic heterocycles. The maximum absolute atomic E-state index is 14.0. The number of sulfonamides is 3. The molecule has 0 saturated carbocycles. The number of aryl methyl sites for hydroxylation is 6. The highest BCUT2D eigenvalue weighted by Crippen LogP contribution is 2.35. The van der Waals surface area contributed by atoms with Crippen LogP contribution in [0, 0.1) is 41.5 Å². The van der Waals surface area contributed by atoms with Gasteiger partial charge in [-0.25, -0.2) is 25.3 Å². The Morgan fingerprint density at radius 1 is 0.331 bits per heavy atom. The van der Waals surface area contributed by atoms with E-state index in [2.05, 4.69) is 130 Å². The Hall–Kier alpha value is -11.7. The zero-order valence-electron chi connectivity index (χ0n) is 74.7. The number of methoxy groups -OCH3 is 3. The molecule has 6 aliphatic rings. The van der Waals surface area contributed by atoms with Crippen molar-refractivity contribution in [3.8, 4) is 17.2 Å². The summed E-state index contributed by atoms with van der Waals surface area (Å²) in [6, 6.07) is 66.3. The van der Waals surface area contributed by atoms with Gasteiger partial charge < -0.3 is 68.2 Å². The average molecular weight is 1790 g/mol. The molecule has 3 atom stereocenters. The third kappa shape index (κ3) is 24.3. The van der Waals surface area contributed by atoms with Crippen molar-refractivity contribution >= 4 is 93.9 Å². The number of piperazine rings is 6. The van der Waals surface area contributed by atoms with E-state index in [4.69, 9.17) is 24.1 Å². The number of rotatable bonds is 19. The van der Waals surface area contributed by atoms with Crippen LogP contribution >= 0.6 is 0 Å². The van der Waals surface area contributed by atoms with Crippen LogP contribution < -0.4 is 43.6 Å². The summed E-state index contributed by atoms with van der Waals surface area (Å²) in [7, 11) is -6.87. The Labute approximate surface area is 749 Å². The normalized spacial score (nSPS) is 17.8. The van der Waals surface area contributed by atoms with E-state index in [-0.39, 0.29) is 58.0 Å². The standard InChI is InChI=1S/3C30H36N4O4S.C4H8O2.C2H4O2/c3*1-23-12-13-24(2)28(20-23)31-14-16-32(17-15-31)30(35)29-22-33(18-19-34(29)25-8-5-4-6-9-25)39(36,37)27-11-7-10-26(21-27)38-3;1-3-6-4(2)5;1-2(3)4/h3*4-13,20-21,29H,14-19,22H2,1-3H3;3H2,1-2H3;1H3,(H,3,4). The largest absolute Gasteiger partial charge is 0.497 e. The third-order valence-corrected chi connectivity index (χ3v) is 29.0. The molecule has 0 radical (unpaired) electrons. The van der Waals surface area contributed by atoms with E-state index in [0.29, 0.717) is 102 Å². The van der Waals surface area contributed by atoms with E-state index in [1.807, 2.05) is 106 Å². The molecule has 0 aromatic heterocycles. The Bertz CT molecular complexity index is 5060. The molecule has 127 heavy (non-hydrogen) atoms. The maximum atomic E-state index is 14.0. The summed E-state index contributed by atoms with van der Waals surface area (Å²) in [5.74, 6) is 0.285. The molecule has 9 aromatic carbocycles. The van der Waals surface area contributed by atoms with Gasteiger partial charge in [0, 0.05) is 204 Å². The number of para-hydroxylation sites is 3. The molecule has 6 fully saturated rings. The minimum Gasteiger partial charge on any atom is -0.497 e. The number of carboxylic acids is 1. The SMILES string of the molecule is CC(=O)O.CCOC(C)=O.COc1cccc(S(=O)(=O)N2CCN(c3ccccc3)C(C(=O)N3CCN(c4cc(C)ccc4C)CC3)C2)c1.COc1cccc(S(=O)(=O)N2CCN(c3ccccc3)C(C(=O)N3CCN(c4cc(C)ccc4C)CC3)C2)c1.COc1cccc(S(=O)(=O)N2CCN(c3ccccc3)C(C(=O)N3CCN(c4cc(C)ccc4C)CC3)C2)c1. The fourth-order valence-electron chi connectivity index (χ4n) is 16.6. The highest BCUT2D eigenvalue weighted by atomic mass is 32.2. The summed E-state index contributed by atoms with van der Waals surface area (Å²) < 4.78 is 106. The van der Waals surface area contributed by atoms with Crippen LogP contribution in [0.3, 0.4) is 0 Å². The number of carbonyl (C=O) groups excluding carboxylic acids is 4. The minimum absolute atomic E-state index is 0.0370. The summed E-state index contributed by atoms with van der Waals surface area (Å²) in [6.45, 7) is 27.7. The van der Waals surface area contributed by atoms with Gasteiger partial charge in [0.1, 0.15) is 35.4 Å². The van der Waals surface area contributed by atoms with Crippen LogP contribution in [0.5, 0.6) is 17.2 Å². The van der Waals surface area contributed by atoms with Gasteiger partial charge in [-0.1, -0.05) is 109 Å². The van der Waals surface area contributed by atoms with Crippen LogP contribution in [0.2, 0.25) is 0 Å². The number of anilines is 6. The zero-order valence-corrected chi connectivity index (χ0v) is 77.2. The van der Waals surface area contributed by atoms with Crippen molar-refractivity contribution < 1.29 is 73.3 Å². The lowest BCUT2D eigenvalue weighted by Gasteiger charge is -2.44. The second-order valence-electron chi connectivity index (χ2n) is 32.0. The van der Waals surface area contributed by atoms with Gasteiger partial charge in [0.05, 0.1) is 42.6 Å². The molecule has 31 heteroatoms. The van der Waals surface area contributed by atoms with Crippen molar-refractivity contribution in [2.45, 2.75) is 95.1 Å². The van der Waals surface area contributed by atoms with E-state index in [1.165, 1.54) is 110 Å². The van der Waals surface area contributed by atoms with Crippen molar-refractivity contribution in [3.63, 3.8) is 0 Å². The second-order valence-corrected chi connectivity index (χ2v) is 37.8. The van der Waals surface area contributed by atoms with Crippen LogP contribution in [0.15, 0.2) is 233 Å². The molecule has 3 unspecified atom stereocenters. The lowest BCUT2D eigenvalue weighted by molar-refractivity contribution is -0.140. The molecule has 6 heterocycles. The quantitative estimate of drug-likeness (QED) is 0.0736. The first-order valence-corrected chi connectivity index (χ1v) is 47.2. The van der Waals surface area contributed by atoms with Crippen molar-refractivity contribution in [1.82, 2.24) is 27.6 Å². The molecule has 0 bridgehead atoms. The van der Waals surface area contributed by atoms with Crippen molar-refractivity contribution in [2.75, 3.05) is 195 Å². The molecule has 6 saturated heterocycles. The molecule has 28 nitrogen and oxygen atoms in total. The molecule has 678 valence electrons. The zero-order chi connectivity index (χ0) is 91.3. The predicted molar refractivity (Wildman–Crippen MR) is 498 cm³/mol. The van der Waals surface area contributed by atoms with Gasteiger partial charge in [0.15, 0.2) is 0 Å². The number of hydrogen-bond donors (Lipinski definition) is 1. The number of nitrogens with zero attached hydrogens (tertiary/aromatic N) is 12. The smallest absolute Gasteiger partial charge is 0.302 e. The van der Waals surface area contributed by atoms with Gasteiger partial charge >= 0.3 is 5.97 Å². The Balaban J connectivity index is 0.000000175.